The highest BCUT2D eigenvalue weighted by Gasteiger charge is 2.08. The minimum atomic E-state index is -0.175. The summed E-state index contributed by atoms with van der Waals surface area (Å²) in [6.45, 7) is 5.88. The highest BCUT2D eigenvalue weighted by atomic mass is 16.1. The number of nitrogens with zero attached hydrogens (tertiary/aromatic N) is 1. The van der Waals surface area contributed by atoms with Gasteiger partial charge in [-0.15, -0.1) is 0 Å². The monoisotopic (exact) mass is 240 g/mol. The van der Waals surface area contributed by atoms with Crippen molar-refractivity contribution in [2.45, 2.75) is 20.8 Å². The molecular weight excluding hydrogens is 224 g/mol. The van der Waals surface area contributed by atoms with Crippen LogP contribution in [0.4, 0.5) is 5.69 Å². The number of nitrogens with one attached hydrogen (secondary N) is 1. The van der Waals surface area contributed by atoms with Gasteiger partial charge in [0.25, 0.3) is 5.91 Å². The molecule has 0 saturated heterocycles. The Morgan fingerprint density at radius 1 is 1.11 bits per heavy atom. The number of carbonyl (C=O) groups excluding carboxylic acids is 1. The lowest BCUT2D eigenvalue weighted by atomic mass is 10.1. The summed E-state index contributed by atoms with van der Waals surface area (Å²) in [5.41, 5.74) is 4.34. The first kappa shape index (κ1) is 12.3. The third-order valence-corrected chi connectivity index (χ3v) is 2.75. The second-order valence-corrected chi connectivity index (χ2v) is 4.44. The zero-order valence-corrected chi connectivity index (χ0v) is 10.8. The van der Waals surface area contributed by atoms with Crippen LogP contribution in [0.1, 0.15) is 27.3 Å². The first-order chi connectivity index (χ1) is 8.56. The van der Waals surface area contributed by atoms with Gasteiger partial charge < -0.3 is 5.32 Å². The molecule has 0 unspecified atom stereocenters. The quantitative estimate of drug-likeness (QED) is 0.875. The third kappa shape index (κ3) is 2.74. The van der Waals surface area contributed by atoms with Crippen LogP contribution in [0.5, 0.6) is 0 Å². The maximum atomic E-state index is 12.0. The van der Waals surface area contributed by atoms with Gasteiger partial charge in [0.2, 0.25) is 0 Å². The van der Waals surface area contributed by atoms with Gasteiger partial charge in [-0.3, -0.25) is 4.79 Å². The van der Waals surface area contributed by atoms with Crippen LogP contribution in [0.3, 0.4) is 0 Å². The Bertz CT molecular complexity index is 591. The van der Waals surface area contributed by atoms with E-state index in [0.29, 0.717) is 5.69 Å². The average molecular weight is 240 g/mol. The molecule has 0 radical (unpaired) electrons. The van der Waals surface area contributed by atoms with Crippen LogP contribution in [-0.2, 0) is 0 Å². The second kappa shape index (κ2) is 5.00. The molecule has 0 aliphatic carbocycles. The van der Waals surface area contributed by atoms with E-state index >= 15 is 0 Å². The maximum absolute atomic E-state index is 12.0. The molecule has 0 spiro atoms. The Balaban J connectivity index is 2.21. The molecule has 0 saturated carbocycles. The number of rotatable bonds is 2. The van der Waals surface area contributed by atoms with Gasteiger partial charge >= 0.3 is 0 Å². The first-order valence-electron chi connectivity index (χ1n) is 5.88. The first-order valence-corrected chi connectivity index (χ1v) is 5.88. The van der Waals surface area contributed by atoms with Crippen molar-refractivity contribution in [3.05, 3.63) is 58.9 Å². The molecule has 1 aromatic carbocycles. The van der Waals surface area contributed by atoms with Crippen LogP contribution in [0.25, 0.3) is 0 Å². The number of aromatic nitrogens is 1. The molecule has 3 heteroatoms. The summed E-state index contributed by atoms with van der Waals surface area (Å²) in [5.74, 6) is -0.175. The summed E-state index contributed by atoms with van der Waals surface area (Å²) in [6.07, 6.45) is 0. The standard InChI is InChI=1S/C15H16N2O/c1-10-7-8-13(11(2)9-10)17-15(18)14-6-4-5-12(3)16-14/h4-9H,1-3H3,(H,17,18). The highest BCUT2D eigenvalue weighted by molar-refractivity contribution is 6.03. The number of hydrogen-bond acceptors (Lipinski definition) is 2. The third-order valence-electron chi connectivity index (χ3n) is 2.75. The summed E-state index contributed by atoms with van der Waals surface area (Å²) >= 11 is 0. The Morgan fingerprint density at radius 2 is 1.89 bits per heavy atom. The molecule has 1 heterocycles. The van der Waals surface area contributed by atoms with E-state index in [9.17, 15) is 4.79 Å². The normalized spacial score (nSPS) is 10.2. The van der Waals surface area contributed by atoms with E-state index in [1.807, 2.05) is 51.1 Å². The summed E-state index contributed by atoms with van der Waals surface area (Å²) in [6, 6.07) is 11.4. The Kier molecular flexibility index (Phi) is 3.42. The molecule has 2 rings (SSSR count). The van der Waals surface area contributed by atoms with Crippen molar-refractivity contribution in [3.8, 4) is 0 Å². The van der Waals surface area contributed by atoms with E-state index < -0.39 is 0 Å². The topological polar surface area (TPSA) is 42.0 Å². The lowest BCUT2D eigenvalue weighted by Gasteiger charge is -2.09. The van der Waals surface area contributed by atoms with Crippen LogP contribution in [0, 0.1) is 20.8 Å². The van der Waals surface area contributed by atoms with Gasteiger partial charge in [-0.1, -0.05) is 23.8 Å². The largest absolute Gasteiger partial charge is 0.320 e. The molecule has 0 atom stereocenters. The van der Waals surface area contributed by atoms with Gasteiger partial charge in [-0.25, -0.2) is 4.98 Å². The van der Waals surface area contributed by atoms with Gasteiger partial charge in [0, 0.05) is 11.4 Å². The Hall–Kier alpha value is -2.16. The SMILES string of the molecule is Cc1ccc(NC(=O)c2cccc(C)n2)c(C)c1. The molecule has 92 valence electrons. The highest BCUT2D eigenvalue weighted by Crippen LogP contribution is 2.16. The van der Waals surface area contributed by atoms with Crippen molar-refractivity contribution in [2.24, 2.45) is 0 Å². The number of carbonyl (C=O) groups is 1. The fraction of sp³-hybridized carbons (Fsp3) is 0.200. The van der Waals surface area contributed by atoms with Gasteiger partial charge in [0.15, 0.2) is 0 Å². The zero-order valence-electron chi connectivity index (χ0n) is 10.8. The van der Waals surface area contributed by atoms with Crippen molar-refractivity contribution >= 4 is 11.6 Å². The predicted octanol–water partition coefficient (Wildman–Crippen LogP) is 3.26. The molecule has 0 aliphatic rings. The van der Waals surface area contributed by atoms with Crippen molar-refractivity contribution in [1.82, 2.24) is 4.98 Å². The average Bonchev–Trinajstić information content (AvgIpc) is 2.32. The molecule has 18 heavy (non-hydrogen) atoms. The van der Waals surface area contributed by atoms with E-state index in [1.54, 1.807) is 6.07 Å². The number of pyridine rings is 1. The van der Waals surface area contributed by atoms with Crippen LogP contribution in [0.2, 0.25) is 0 Å². The van der Waals surface area contributed by atoms with Crippen molar-refractivity contribution < 1.29 is 4.79 Å². The van der Waals surface area contributed by atoms with Crippen LogP contribution in [-0.4, -0.2) is 10.9 Å². The second-order valence-electron chi connectivity index (χ2n) is 4.44. The number of aryl methyl sites for hydroxylation is 3. The number of anilines is 1. The van der Waals surface area contributed by atoms with Gasteiger partial charge in [0.05, 0.1) is 0 Å². The van der Waals surface area contributed by atoms with Gasteiger partial charge in [0.1, 0.15) is 5.69 Å². The molecule has 0 aliphatic heterocycles. The van der Waals surface area contributed by atoms with E-state index in [0.717, 1.165) is 16.9 Å². The summed E-state index contributed by atoms with van der Waals surface area (Å²) in [7, 11) is 0. The number of hydrogen-bond donors (Lipinski definition) is 1. The lowest BCUT2D eigenvalue weighted by molar-refractivity contribution is 0.102. The summed E-state index contributed by atoms with van der Waals surface area (Å²) in [5, 5.41) is 2.88. The summed E-state index contributed by atoms with van der Waals surface area (Å²) in [4.78, 5) is 16.2. The van der Waals surface area contributed by atoms with Gasteiger partial charge in [-0.2, -0.15) is 0 Å². The molecule has 0 bridgehead atoms. The van der Waals surface area contributed by atoms with E-state index in [2.05, 4.69) is 10.3 Å². The fourth-order valence-electron chi connectivity index (χ4n) is 1.81. The van der Waals surface area contributed by atoms with Crippen molar-refractivity contribution in [1.29, 1.82) is 0 Å². The Morgan fingerprint density at radius 3 is 2.56 bits per heavy atom. The lowest BCUT2D eigenvalue weighted by Crippen LogP contribution is -2.14. The van der Waals surface area contributed by atoms with E-state index in [-0.39, 0.29) is 5.91 Å². The predicted molar refractivity (Wildman–Crippen MR) is 72.8 cm³/mol. The summed E-state index contributed by atoms with van der Waals surface area (Å²) < 4.78 is 0. The molecule has 1 N–H and O–H groups in total. The smallest absolute Gasteiger partial charge is 0.274 e. The molecule has 1 aromatic heterocycles. The molecule has 2 aromatic rings. The zero-order chi connectivity index (χ0) is 13.1. The maximum Gasteiger partial charge on any atom is 0.274 e. The van der Waals surface area contributed by atoms with E-state index in [1.165, 1.54) is 5.56 Å². The fourth-order valence-corrected chi connectivity index (χ4v) is 1.81. The van der Waals surface area contributed by atoms with Crippen LogP contribution >= 0.6 is 0 Å². The molecule has 0 fully saturated rings. The molecule has 1 amide bonds. The van der Waals surface area contributed by atoms with Crippen LogP contribution in [0.15, 0.2) is 36.4 Å². The minimum Gasteiger partial charge on any atom is -0.320 e. The van der Waals surface area contributed by atoms with Crippen molar-refractivity contribution in [3.63, 3.8) is 0 Å². The number of benzene rings is 1. The molecule has 3 nitrogen and oxygen atoms in total. The minimum absolute atomic E-state index is 0.175. The number of amides is 1. The van der Waals surface area contributed by atoms with Crippen molar-refractivity contribution in [2.75, 3.05) is 5.32 Å². The Labute approximate surface area is 107 Å². The van der Waals surface area contributed by atoms with Gasteiger partial charge in [-0.05, 0) is 44.5 Å². The molecular formula is C15H16N2O. The van der Waals surface area contributed by atoms with E-state index in [4.69, 9.17) is 0 Å². The van der Waals surface area contributed by atoms with Crippen LogP contribution < -0.4 is 5.32 Å².